The predicted molar refractivity (Wildman–Crippen MR) is 96.4 cm³/mol. The van der Waals surface area contributed by atoms with Gasteiger partial charge in [-0.2, -0.15) is 0 Å². The summed E-state index contributed by atoms with van der Waals surface area (Å²) in [4.78, 5) is 23.1. The number of hydrogen-bond acceptors (Lipinski definition) is 4. The quantitative estimate of drug-likeness (QED) is 0.720. The molecule has 0 spiro atoms. The van der Waals surface area contributed by atoms with Gasteiger partial charge in [-0.3, -0.25) is 9.59 Å². The van der Waals surface area contributed by atoms with Crippen molar-refractivity contribution < 1.29 is 19.1 Å². The molecule has 2 rings (SSSR count). The number of amides is 1. The largest absolute Gasteiger partial charge is 0.493 e. The lowest BCUT2D eigenvalue weighted by atomic mass is 10.2. The monoisotopic (exact) mass is 411 g/mol. The number of nitrogens with one attached hydrogen (secondary N) is 1. The van der Waals surface area contributed by atoms with E-state index in [1.165, 1.54) is 13.2 Å². The molecule has 2 aromatic rings. The Hall–Kier alpha value is -2.05. The number of halogens is 2. The third-order valence-corrected chi connectivity index (χ3v) is 4.15. The zero-order chi connectivity index (χ0) is 17.7. The lowest BCUT2D eigenvalue weighted by molar-refractivity contribution is -0.118. The van der Waals surface area contributed by atoms with Gasteiger partial charge >= 0.3 is 0 Å². The van der Waals surface area contributed by atoms with Gasteiger partial charge < -0.3 is 14.8 Å². The molecule has 0 saturated heterocycles. The summed E-state index contributed by atoms with van der Waals surface area (Å²) in [5, 5.41) is 3.34. The maximum Gasteiger partial charge on any atom is 0.262 e. The number of rotatable bonds is 6. The maximum atomic E-state index is 12.1. The molecule has 0 unspecified atom stereocenters. The minimum absolute atomic E-state index is 0.224. The number of aryl methyl sites for hydroxylation is 1. The first-order valence-electron chi connectivity index (χ1n) is 6.96. The number of carbonyl (C=O) groups is 2. The molecule has 1 N–H and O–H groups in total. The van der Waals surface area contributed by atoms with E-state index in [0.717, 1.165) is 5.56 Å². The van der Waals surface area contributed by atoms with Crippen molar-refractivity contribution in [1.29, 1.82) is 0 Å². The summed E-state index contributed by atoms with van der Waals surface area (Å²) < 4.78 is 11.3. The summed E-state index contributed by atoms with van der Waals surface area (Å²) in [5.41, 5.74) is 1.91. The van der Waals surface area contributed by atoms with Crippen LogP contribution in [-0.2, 0) is 4.79 Å². The molecule has 0 aliphatic heterocycles. The van der Waals surface area contributed by atoms with Crippen molar-refractivity contribution in [2.75, 3.05) is 19.0 Å². The molecule has 0 fully saturated rings. The third-order valence-electron chi connectivity index (χ3n) is 3.23. The van der Waals surface area contributed by atoms with Crippen molar-refractivity contribution in [2.24, 2.45) is 0 Å². The van der Waals surface area contributed by atoms with Gasteiger partial charge in [0.2, 0.25) is 0 Å². The molecular formula is C17H15BrClNO4. The van der Waals surface area contributed by atoms with Crippen molar-refractivity contribution in [3.05, 3.63) is 51.0 Å². The molecule has 2 aromatic carbocycles. The molecule has 0 aromatic heterocycles. The van der Waals surface area contributed by atoms with Crippen LogP contribution < -0.4 is 14.8 Å². The number of benzene rings is 2. The number of ether oxygens (including phenoxy) is 2. The second-order valence-corrected chi connectivity index (χ2v) is 6.23. The van der Waals surface area contributed by atoms with Crippen molar-refractivity contribution in [3.63, 3.8) is 0 Å². The van der Waals surface area contributed by atoms with Crippen LogP contribution in [0, 0.1) is 6.92 Å². The molecule has 0 aliphatic carbocycles. The Labute approximate surface area is 153 Å². The lowest BCUT2D eigenvalue weighted by Gasteiger charge is -2.13. The van der Waals surface area contributed by atoms with Crippen molar-refractivity contribution in [2.45, 2.75) is 6.92 Å². The van der Waals surface area contributed by atoms with E-state index in [2.05, 4.69) is 21.2 Å². The molecule has 0 saturated carbocycles. The van der Waals surface area contributed by atoms with Crippen LogP contribution in [0.3, 0.4) is 0 Å². The van der Waals surface area contributed by atoms with E-state index in [4.69, 9.17) is 21.1 Å². The summed E-state index contributed by atoms with van der Waals surface area (Å²) in [5.74, 6) is 0.395. The minimum atomic E-state index is -0.335. The molecule has 126 valence electrons. The number of anilines is 1. The smallest absolute Gasteiger partial charge is 0.262 e. The van der Waals surface area contributed by atoms with E-state index in [1.54, 1.807) is 24.3 Å². The third kappa shape index (κ3) is 4.49. The average Bonchev–Trinajstić information content (AvgIpc) is 2.55. The second-order valence-electron chi connectivity index (χ2n) is 4.94. The molecule has 1 amide bonds. The van der Waals surface area contributed by atoms with Crippen molar-refractivity contribution >= 4 is 45.4 Å². The Balaban J connectivity index is 2.07. The van der Waals surface area contributed by atoms with Gasteiger partial charge in [0, 0.05) is 20.7 Å². The average molecular weight is 413 g/mol. The molecule has 7 heteroatoms. The van der Waals surface area contributed by atoms with Crippen LogP contribution in [0.4, 0.5) is 5.69 Å². The molecule has 0 bridgehead atoms. The fourth-order valence-electron chi connectivity index (χ4n) is 2.01. The van der Waals surface area contributed by atoms with Gasteiger partial charge in [0.05, 0.1) is 7.11 Å². The van der Waals surface area contributed by atoms with Crippen LogP contribution >= 0.6 is 27.5 Å². The molecule has 24 heavy (non-hydrogen) atoms. The van der Waals surface area contributed by atoms with Crippen LogP contribution in [-0.4, -0.2) is 25.9 Å². The SMILES string of the molecule is COc1cc(Br)c(C=O)cc1OCC(=O)Nc1ccc(Cl)cc1C. The Kier molecular flexibility index (Phi) is 6.23. The van der Waals surface area contributed by atoms with Crippen LogP contribution in [0.2, 0.25) is 5.02 Å². The van der Waals surface area contributed by atoms with Crippen LogP contribution in [0.5, 0.6) is 11.5 Å². The molecule has 0 radical (unpaired) electrons. The number of carbonyl (C=O) groups excluding carboxylic acids is 2. The highest BCUT2D eigenvalue weighted by Crippen LogP contribution is 2.32. The highest BCUT2D eigenvalue weighted by molar-refractivity contribution is 9.10. The summed E-state index contributed by atoms with van der Waals surface area (Å²) in [6.45, 7) is 1.62. The van der Waals surface area contributed by atoms with Crippen molar-refractivity contribution in [3.8, 4) is 11.5 Å². The zero-order valence-corrected chi connectivity index (χ0v) is 15.4. The first-order chi connectivity index (χ1) is 11.4. The Morgan fingerprint density at radius 3 is 2.67 bits per heavy atom. The fraction of sp³-hybridized carbons (Fsp3) is 0.176. The summed E-state index contributed by atoms with van der Waals surface area (Å²) in [7, 11) is 1.48. The summed E-state index contributed by atoms with van der Waals surface area (Å²) in [6, 6.07) is 8.29. The lowest BCUT2D eigenvalue weighted by Crippen LogP contribution is -2.20. The second kappa shape index (κ2) is 8.17. The minimum Gasteiger partial charge on any atom is -0.493 e. The van der Waals surface area contributed by atoms with Gasteiger partial charge in [-0.05, 0) is 58.7 Å². The normalized spacial score (nSPS) is 10.2. The number of hydrogen-bond donors (Lipinski definition) is 1. The standard InChI is InChI=1S/C17H15BrClNO4/c1-10-5-12(19)3-4-14(10)20-17(22)9-24-16-6-11(8-21)13(18)7-15(16)23-2/h3-8H,9H2,1-2H3,(H,20,22). The van der Waals surface area contributed by atoms with Crippen LogP contribution in [0.15, 0.2) is 34.8 Å². The summed E-state index contributed by atoms with van der Waals surface area (Å²) in [6.07, 6.45) is 0.688. The van der Waals surface area contributed by atoms with E-state index in [1.807, 2.05) is 6.92 Å². The van der Waals surface area contributed by atoms with Crippen LogP contribution in [0.25, 0.3) is 0 Å². The van der Waals surface area contributed by atoms with Gasteiger partial charge in [0.1, 0.15) is 0 Å². The van der Waals surface area contributed by atoms with E-state index < -0.39 is 0 Å². The molecule has 0 atom stereocenters. The first kappa shape index (κ1) is 18.3. The maximum absolute atomic E-state index is 12.1. The Morgan fingerprint density at radius 1 is 1.29 bits per heavy atom. The molecule has 5 nitrogen and oxygen atoms in total. The van der Waals surface area contributed by atoms with Crippen molar-refractivity contribution in [1.82, 2.24) is 0 Å². The molecule has 0 aliphatic rings. The van der Waals surface area contributed by atoms with Gasteiger partial charge in [-0.15, -0.1) is 0 Å². The predicted octanol–water partition coefficient (Wildman–Crippen LogP) is 4.25. The van der Waals surface area contributed by atoms with E-state index >= 15 is 0 Å². The van der Waals surface area contributed by atoms with E-state index in [0.29, 0.717) is 38.5 Å². The Bertz CT molecular complexity index is 779. The highest BCUT2D eigenvalue weighted by atomic mass is 79.9. The number of aldehydes is 1. The summed E-state index contributed by atoms with van der Waals surface area (Å²) >= 11 is 9.15. The Morgan fingerprint density at radius 2 is 2.04 bits per heavy atom. The zero-order valence-electron chi connectivity index (χ0n) is 13.1. The van der Waals surface area contributed by atoms with Gasteiger partial charge in [0.15, 0.2) is 24.4 Å². The van der Waals surface area contributed by atoms with Gasteiger partial charge in [0.25, 0.3) is 5.91 Å². The topological polar surface area (TPSA) is 64.6 Å². The fourth-order valence-corrected chi connectivity index (χ4v) is 2.65. The first-order valence-corrected chi connectivity index (χ1v) is 8.13. The van der Waals surface area contributed by atoms with Crippen LogP contribution in [0.1, 0.15) is 15.9 Å². The van der Waals surface area contributed by atoms with Gasteiger partial charge in [-0.1, -0.05) is 11.6 Å². The van der Waals surface area contributed by atoms with Gasteiger partial charge in [-0.25, -0.2) is 0 Å². The van der Waals surface area contributed by atoms with E-state index in [-0.39, 0.29) is 12.5 Å². The van der Waals surface area contributed by atoms with E-state index in [9.17, 15) is 9.59 Å². The molecule has 0 heterocycles. The highest BCUT2D eigenvalue weighted by Gasteiger charge is 2.12. The number of methoxy groups -OCH3 is 1. The molecular weight excluding hydrogens is 398 g/mol.